The van der Waals surface area contributed by atoms with Crippen LogP contribution in [0.4, 0.5) is 5.69 Å². The molecule has 1 unspecified atom stereocenters. The minimum atomic E-state index is -0.388. The van der Waals surface area contributed by atoms with Crippen LogP contribution in [0, 0.1) is 5.92 Å². The SMILES string of the molecule is O=C(NCCc1nnc2ccccn12)C1CC(=O)N(c2ccc3c(c2)OCCO3)C1. The van der Waals surface area contributed by atoms with E-state index in [4.69, 9.17) is 9.47 Å². The Labute approximate surface area is 172 Å². The number of ether oxygens (including phenoxy) is 2. The molecule has 2 aliphatic rings. The minimum Gasteiger partial charge on any atom is -0.486 e. The van der Waals surface area contributed by atoms with Crippen molar-refractivity contribution in [3.63, 3.8) is 0 Å². The zero-order valence-electron chi connectivity index (χ0n) is 16.3. The van der Waals surface area contributed by atoms with Crippen LogP contribution in [0.1, 0.15) is 12.2 Å². The Morgan fingerprint density at radius 1 is 1.13 bits per heavy atom. The van der Waals surface area contributed by atoms with Crippen molar-refractivity contribution in [1.29, 1.82) is 0 Å². The zero-order chi connectivity index (χ0) is 20.5. The molecule has 2 aliphatic heterocycles. The summed E-state index contributed by atoms with van der Waals surface area (Å²) in [5.74, 6) is 1.49. The summed E-state index contributed by atoms with van der Waals surface area (Å²) in [6.07, 6.45) is 2.64. The molecule has 30 heavy (non-hydrogen) atoms. The number of aromatic nitrogens is 3. The molecule has 0 spiro atoms. The quantitative estimate of drug-likeness (QED) is 0.683. The Morgan fingerprint density at radius 3 is 2.90 bits per heavy atom. The molecule has 5 rings (SSSR count). The number of hydrogen-bond donors (Lipinski definition) is 1. The molecule has 2 aromatic heterocycles. The Balaban J connectivity index is 1.19. The predicted molar refractivity (Wildman–Crippen MR) is 108 cm³/mol. The van der Waals surface area contributed by atoms with Crippen molar-refractivity contribution in [3.8, 4) is 11.5 Å². The fourth-order valence-corrected chi connectivity index (χ4v) is 3.84. The van der Waals surface area contributed by atoms with E-state index in [2.05, 4.69) is 15.5 Å². The average molecular weight is 407 g/mol. The van der Waals surface area contributed by atoms with Gasteiger partial charge in [0.2, 0.25) is 11.8 Å². The first-order valence-electron chi connectivity index (χ1n) is 9.95. The lowest BCUT2D eigenvalue weighted by Crippen LogP contribution is -2.34. The van der Waals surface area contributed by atoms with Crippen molar-refractivity contribution < 1.29 is 19.1 Å². The lowest BCUT2D eigenvalue weighted by atomic mass is 10.1. The predicted octanol–water partition coefficient (Wildman–Crippen LogP) is 1.21. The Hall–Kier alpha value is -3.62. The first-order chi connectivity index (χ1) is 14.7. The number of hydrogen-bond acceptors (Lipinski definition) is 6. The van der Waals surface area contributed by atoms with E-state index >= 15 is 0 Å². The van der Waals surface area contributed by atoms with Gasteiger partial charge in [0, 0.05) is 43.9 Å². The van der Waals surface area contributed by atoms with Crippen molar-refractivity contribution >= 4 is 23.1 Å². The van der Waals surface area contributed by atoms with E-state index in [1.54, 1.807) is 17.0 Å². The molecule has 154 valence electrons. The summed E-state index contributed by atoms with van der Waals surface area (Å²) < 4.78 is 13.0. The molecular weight excluding hydrogens is 386 g/mol. The van der Waals surface area contributed by atoms with Gasteiger partial charge < -0.3 is 19.7 Å². The van der Waals surface area contributed by atoms with Gasteiger partial charge in [-0.2, -0.15) is 0 Å². The normalized spacial score (nSPS) is 18.1. The minimum absolute atomic E-state index is 0.0738. The fourth-order valence-electron chi connectivity index (χ4n) is 3.84. The molecule has 0 aliphatic carbocycles. The number of nitrogens with one attached hydrogen (secondary N) is 1. The van der Waals surface area contributed by atoms with Crippen LogP contribution >= 0.6 is 0 Å². The van der Waals surface area contributed by atoms with Crippen LogP contribution in [-0.4, -0.2) is 52.7 Å². The van der Waals surface area contributed by atoms with Crippen LogP contribution in [0.5, 0.6) is 11.5 Å². The fraction of sp³-hybridized carbons (Fsp3) is 0.333. The maximum atomic E-state index is 12.6. The number of anilines is 1. The van der Waals surface area contributed by atoms with Gasteiger partial charge >= 0.3 is 0 Å². The van der Waals surface area contributed by atoms with Gasteiger partial charge in [-0.3, -0.25) is 14.0 Å². The molecule has 0 bridgehead atoms. The molecule has 0 radical (unpaired) electrons. The van der Waals surface area contributed by atoms with Crippen molar-refractivity contribution in [2.45, 2.75) is 12.8 Å². The number of rotatable bonds is 5. The molecule has 1 fully saturated rings. The van der Waals surface area contributed by atoms with E-state index in [1.165, 1.54) is 0 Å². The van der Waals surface area contributed by atoms with Crippen molar-refractivity contribution in [3.05, 3.63) is 48.4 Å². The molecular formula is C21H21N5O4. The topological polar surface area (TPSA) is 98.1 Å². The summed E-state index contributed by atoms with van der Waals surface area (Å²) in [7, 11) is 0. The van der Waals surface area contributed by atoms with Gasteiger partial charge in [-0.05, 0) is 24.3 Å². The van der Waals surface area contributed by atoms with Gasteiger partial charge in [0.1, 0.15) is 19.0 Å². The van der Waals surface area contributed by atoms with Gasteiger partial charge in [-0.25, -0.2) is 0 Å². The molecule has 4 heterocycles. The van der Waals surface area contributed by atoms with Gasteiger partial charge in [0.05, 0.1) is 5.92 Å². The number of nitrogens with zero attached hydrogens (tertiary/aromatic N) is 4. The highest BCUT2D eigenvalue weighted by Gasteiger charge is 2.35. The zero-order valence-corrected chi connectivity index (χ0v) is 16.3. The summed E-state index contributed by atoms with van der Waals surface area (Å²) in [6, 6.07) is 11.1. The molecule has 1 saturated heterocycles. The highest BCUT2D eigenvalue weighted by Crippen LogP contribution is 2.35. The van der Waals surface area contributed by atoms with Crippen LogP contribution in [0.3, 0.4) is 0 Å². The third-order valence-corrected chi connectivity index (χ3v) is 5.37. The van der Waals surface area contributed by atoms with Gasteiger partial charge in [0.15, 0.2) is 17.1 Å². The van der Waals surface area contributed by atoms with Gasteiger partial charge in [-0.15, -0.1) is 10.2 Å². The standard InChI is InChI=1S/C21H21N5O4/c27-20-11-14(13-26(20)15-4-5-16-17(12-15)30-10-9-29-16)21(28)22-7-6-19-24-23-18-3-1-2-8-25(18)19/h1-5,8,12,14H,6-7,9-11,13H2,(H,22,28). The first-order valence-corrected chi connectivity index (χ1v) is 9.95. The molecule has 1 atom stereocenters. The second-order valence-electron chi connectivity index (χ2n) is 7.32. The monoisotopic (exact) mass is 407 g/mol. The lowest BCUT2D eigenvalue weighted by Gasteiger charge is -2.22. The third-order valence-electron chi connectivity index (χ3n) is 5.37. The van der Waals surface area contributed by atoms with E-state index in [1.807, 2.05) is 34.9 Å². The second-order valence-corrected chi connectivity index (χ2v) is 7.32. The Morgan fingerprint density at radius 2 is 2.00 bits per heavy atom. The summed E-state index contributed by atoms with van der Waals surface area (Å²) in [5.41, 5.74) is 1.49. The van der Waals surface area contributed by atoms with E-state index < -0.39 is 0 Å². The van der Waals surface area contributed by atoms with Crippen LogP contribution in [-0.2, 0) is 16.0 Å². The molecule has 0 saturated carbocycles. The molecule has 2 amide bonds. The van der Waals surface area contributed by atoms with Crippen LogP contribution < -0.4 is 19.7 Å². The Kier molecular flexibility index (Phi) is 4.70. The summed E-state index contributed by atoms with van der Waals surface area (Å²) in [4.78, 5) is 26.8. The average Bonchev–Trinajstić information content (AvgIpc) is 3.37. The molecule has 3 aromatic rings. The number of benzene rings is 1. The first kappa shape index (κ1) is 18.4. The van der Waals surface area contributed by atoms with E-state index in [-0.39, 0.29) is 24.2 Å². The van der Waals surface area contributed by atoms with Crippen LogP contribution in [0.25, 0.3) is 5.65 Å². The number of amides is 2. The smallest absolute Gasteiger partial charge is 0.227 e. The number of carbonyl (C=O) groups is 2. The third kappa shape index (κ3) is 3.42. The largest absolute Gasteiger partial charge is 0.486 e. The Bertz CT molecular complexity index is 1110. The van der Waals surface area contributed by atoms with Crippen molar-refractivity contribution in [2.75, 3.05) is 31.2 Å². The number of pyridine rings is 1. The van der Waals surface area contributed by atoms with Gasteiger partial charge in [-0.1, -0.05) is 6.07 Å². The van der Waals surface area contributed by atoms with Crippen LogP contribution in [0.2, 0.25) is 0 Å². The van der Waals surface area contributed by atoms with Gasteiger partial charge in [0.25, 0.3) is 0 Å². The number of carbonyl (C=O) groups excluding carboxylic acids is 2. The molecule has 1 aromatic carbocycles. The highest BCUT2D eigenvalue weighted by molar-refractivity contribution is 6.00. The summed E-state index contributed by atoms with van der Waals surface area (Å²) >= 11 is 0. The van der Waals surface area contributed by atoms with Crippen LogP contribution in [0.15, 0.2) is 42.6 Å². The molecule has 1 N–H and O–H groups in total. The highest BCUT2D eigenvalue weighted by atomic mass is 16.6. The van der Waals surface area contributed by atoms with E-state index in [0.717, 1.165) is 17.2 Å². The van der Waals surface area contributed by atoms with Crippen molar-refractivity contribution in [2.24, 2.45) is 5.92 Å². The second kappa shape index (κ2) is 7.66. The van der Waals surface area contributed by atoms with Crippen molar-refractivity contribution in [1.82, 2.24) is 19.9 Å². The molecule has 9 nitrogen and oxygen atoms in total. The maximum absolute atomic E-state index is 12.6. The summed E-state index contributed by atoms with van der Waals surface area (Å²) in [6.45, 7) is 1.78. The summed E-state index contributed by atoms with van der Waals surface area (Å²) in [5, 5.41) is 11.2. The van der Waals surface area contributed by atoms with E-state index in [0.29, 0.717) is 44.2 Å². The molecule has 9 heteroatoms. The maximum Gasteiger partial charge on any atom is 0.227 e. The van der Waals surface area contributed by atoms with E-state index in [9.17, 15) is 9.59 Å². The lowest BCUT2D eigenvalue weighted by molar-refractivity contribution is -0.126. The number of fused-ring (bicyclic) bond motifs is 2.